The van der Waals surface area contributed by atoms with Gasteiger partial charge in [-0.15, -0.1) is 11.3 Å². The zero-order chi connectivity index (χ0) is 16.1. The number of aliphatic hydroxyl groups excluding tert-OH is 1. The number of thiazole rings is 1. The molecule has 6 heteroatoms. The van der Waals surface area contributed by atoms with Gasteiger partial charge in [0.05, 0.1) is 15.2 Å². The number of nitrogens with zero attached hydrogens (tertiary/aromatic N) is 2. The maximum absolute atomic E-state index is 12.1. The average molecular weight is 333 g/mol. The molecule has 23 heavy (non-hydrogen) atoms. The standard InChI is InChI=1S/C17H23N3O2S/c21-12-13-7-10-20(11-8-13)17(22)18-9-3-6-16-19-14-4-1-2-5-15(14)23-16/h1-2,4-5,13,21H,3,6-12H2,(H,18,22). The van der Waals surface area contributed by atoms with Crippen molar-refractivity contribution in [3.8, 4) is 0 Å². The first kappa shape index (κ1) is 16.2. The van der Waals surface area contributed by atoms with Gasteiger partial charge in [-0.05, 0) is 37.3 Å². The Balaban J connectivity index is 1.38. The zero-order valence-electron chi connectivity index (χ0n) is 13.2. The van der Waals surface area contributed by atoms with Gasteiger partial charge in [0, 0.05) is 32.7 Å². The number of aryl methyl sites for hydroxylation is 1. The fourth-order valence-corrected chi connectivity index (χ4v) is 3.90. The van der Waals surface area contributed by atoms with Crippen LogP contribution in [0.3, 0.4) is 0 Å². The first-order valence-corrected chi connectivity index (χ1v) is 9.06. The minimum Gasteiger partial charge on any atom is -0.396 e. The van der Waals surface area contributed by atoms with Crippen molar-refractivity contribution < 1.29 is 9.90 Å². The number of aromatic nitrogens is 1. The van der Waals surface area contributed by atoms with Crippen LogP contribution in [-0.2, 0) is 6.42 Å². The van der Waals surface area contributed by atoms with Crippen molar-refractivity contribution in [2.24, 2.45) is 5.92 Å². The molecule has 2 heterocycles. The van der Waals surface area contributed by atoms with Gasteiger partial charge in [0.2, 0.25) is 0 Å². The Hall–Kier alpha value is -1.66. The van der Waals surface area contributed by atoms with Crippen molar-refractivity contribution in [3.05, 3.63) is 29.3 Å². The van der Waals surface area contributed by atoms with E-state index in [1.165, 1.54) is 4.70 Å². The Kier molecular flexibility index (Phi) is 5.46. The summed E-state index contributed by atoms with van der Waals surface area (Å²) in [5.41, 5.74) is 1.06. The lowest BCUT2D eigenvalue weighted by Gasteiger charge is -2.31. The van der Waals surface area contributed by atoms with Crippen molar-refractivity contribution >= 4 is 27.6 Å². The molecule has 0 bridgehead atoms. The molecular weight excluding hydrogens is 310 g/mol. The van der Waals surface area contributed by atoms with E-state index in [9.17, 15) is 4.79 Å². The van der Waals surface area contributed by atoms with Crippen LogP contribution < -0.4 is 5.32 Å². The molecule has 1 aliphatic rings. The van der Waals surface area contributed by atoms with Crippen molar-refractivity contribution in [1.82, 2.24) is 15.2 Å². The SMILES string of the molecule is O=C(NCCCc1nc2ccccc2s1)N1CCC(CO)CC1. The summed E-state index contributed by atoms with van der Waals surface area (Å²) < 4.78 is 1.22. The maximum Gasteiger partial charge on any atom is 0.317 e. The predicted molar refractivity (Wildman–Crippen MR) is 92.7 cm³/mol. The van der Waals surface area contributed by atoms with Crippen molar-refractivity contribution in [2.45, 2.75) is 25.7 Å². The second kappa shape index (κ2) is 7.75. The monoisotopic (exact) mass is 333 g/mol. The van der Waals surface area contributed by atoms with Gasteiger partial charge in [0.15, 0.2) is 0 Å². The molecule has 1 saturated heterocycles. The number of benzene rings is 1. The van der Waals surface area contributed by atoms with Gasteiger partial charge in [-0.2, -0.15) is 0 Å². The topological polar surface area (TPSA) is 65.5 Å². The number of carbonyl (C=O) groups is 1. The maximum atomic E-state index is 12.1. The van der Waals surface area contributed by atoms with Crippen molar-refractivity contribution in [3.63, 3.8) is 0 Å². The highest BCUT2D eigenvalue weighted by Gasteiger charge is 2.21. The summed E-state index contributed by atoms with van der Waals surface area (Å²) in [6.07, 6.45) is 3.59. The van der Waals surface area contributed by atoms with E-state index in [1.807, 2.05) is 23.1 Å². The molecule has 0 spiro atoms. The number of para-hydroxylation sites is 1. The minimum atomic E-state index is 0.0192. The molecule has 1 aromatic carbocycles. The molecule has 0 saturated carbocycles. The highest BCUT2D eigenvalue weighted by molar-refractivity contribution is 7.18. The highest BCUT2D eigenvalue weighted by Crippen LogP contribution is 2.22. The summed E-state index contributed by atoms with van der Waals surface area (Å²) in [4.78, 5) is 18.5. The Morgan fingerprint density at radius 1 is 1.35 bits per heavy atom. The van der Waals surface area contributed by atoms with E-state index < -0.39 is 0 Å². The molecule has 5 nitrogen and oxygen atoms in total. The molecule has 3 rings (SSSR count). The first-order valence-electron chi connectivity index (χ1n) is 8.24. The zero-order valence-corrected chi connectivity index (χ0v) is 14.0. The lowest BCUT2D eigenvalue weighted by molar-refractivity contribution is 0.137. The third kappa shape index (κ3) is 4.20. The van der Waals surface area contributed by atoms with E-state index in [-0.39, 0.29) is 12.6 Å². The second-order valence-electron chi connectivity index (χ2n) is 6.02. The van der Waals surface area contributed by atoms with E-state index in [0.29, 0.717) is 12.5 Å². The number of aliphatic hydroxyl groups is 1. The van der Waals surface area contributed by atoms with Gasteiger partial charge in [-0.1, -0.05) is 12.1 Å². The quantitative estimate of drug-likeness (QED) is 0.827. The Morgan fingerprint density at radius 3 is 2.87 bits per heavy atom. The molecule has 2 amide bonds. The molecule has 1 aromatic heterocycles. The molecule has 1 aliphatic heterocycles. The summed E-state index contributed by atoms with van der Waals surface area (Å²) >= 11 is 1.73. The van der Waals surface area contributed by atoms with Crippen LogP contribution >= 0.6 is 11.3 Å². The number of hydrogen-bond donors (Lipinski definition) is 2. The molecule has 2 aromatic rings. The summed E-state index contributed by atoms with van der Waals surface area (Å²) in [5.74, 6) is 0.359. The lowest BCUT2D eigenvalue weighted by Crippen LogP contribution is -2.45. The number of nitrogens with one attached hydrogen (secondary N) is 1. The molecule has 1 fully saturated rings. The number of urea groups is 1. The van der Waals surface area contributed by atoms with Crippen LogP contribution in [-0.4, -0.2) is 47.3 Å². The van der Waals surface area contributed by atoms with Gasteiger partial charge in [-0.3, -0.25) is 0 Å². The summed E-state index contributed by atoms with van der Waals surface area (Å²) in [6.45, 7) is 2.40. The largest absolute Gasteiger partial charge is 0.396 e. The van der Waals surface area contributed by atoms with Crippen LogP contribution in [0.2, 0.25) is 0 Å². The van der Waals surface area contributed by atoms with E-state index in [0.717, 1.165) is 49.3 Å². The normalized spacial score (nSPS) is 16.0. The van der Waals surface area contributed by atoms with Gasteiger partial charge in [0.25, 0.3) is 0 Å². The third-order valence-electron chi connectivity index (χ3n) is 4.34. The summed E-state index contributed by atoms with van der Waals surface area (Å²) in [7, 11) is 0. The summed E-state index contributed by atoms with van der Waals surface area (Å²) in [5, 5.41) is 13.2. The molecular formula is C17H23N3O2S. The Labute approximate surface area is 140 Å². The molecule has 0 unspecified atom stereocenters. The molecule has 0 atom stereocenters. The number of hydrogen-bond acceptors (Lipinski definition) is 4. The van der Waals surface area contributed by atoms with E-state index in [4.69, 9.17) is 5.11 Å². The van der Waals surface area contributed by atoms with Crippen LogP contribution in [0.5, 0.6) is 0 Å². The smallest absolute Gasteiger partial charge is 0.317 e. The second-order valence-corrected chi connectivity index (χ2v) is 7.14. The number of fused-ring (bicyclic) bond motifs is 1. The van der Waals surface area contributed by atoms with Gasteiger partial charge in [-0.25, -0.2) is 9.78 Å². The van der Waals surface area contributed by atoms with Crippen LogP contribution in [0.1, 0.15) is 24.3 Å². The van der Waals surface area contributed by atoms with Gasteiger partial charge < -0.3 is 15.3 Å². The molecule has 0 radical (unpaired) electrons. The number of piperidine rings is 1. The molecule has 0 aliphatic carbocycles. The summed E-state index contributed by atoms with van der Waals surface area (Å²) in [6, 6.07) is 8.18. The van der Waals surface area contributed by atoms with Crippen LogP contribution in [0, 0.1) is 5.92 Å². The highest BCUT2D eigenvalue weighted by atomic mass is 32.1. The Bertz CT molecular complexity index is 617. The molecule has 2 N–H and O–H groups in total. The average Bonchev–Trinajstić information content (AvgIpc) is 3.01. The van der Waals surface area contributed by atoms with E-state index in [1.54, 1.807) is 11.3 Å². The number of carbonyl (C=O) groups excluding carboxylic acids is 1. The Morgan fingerprint density at radius 2 is 2.13 bits per heavy atom. The third-order valence-corrected chi connectivity index (χ3v) is 5.44. The predicted octanol–water partition coefficient (Wildman–Crippen LogP) is 2.64. The van der Waals surface area contributed by atoms with Gasteiger partial charge in [0.1, 0.15) is 0 Å². The van der Waals surface area contributed by atoms with Crippen LogP contribution in [0.4, 0.5) is 4.79 Å². The van der Waals surface area contributed by atoms with Crippen LogP contribution in [0.15, 0.2) is 24.3 Å². The fraction of sp³-hybridized carbons (Fsp3) is 0.529. The number of likely N-dealkylation sites (tertiary alicyclic amines) is 1. The molecule has 124 valence electrons. The lowest BCUT2D eigenvalue weighted by atomic mass is 9.98. The number of rotatable bonds is 5. The first-order chi connectivity index (χ1) is 11.3. The number of amides is 2. The van der Waals surface area contributed by atoms with Gasteiger partial charge >= 0.3 is 6.03 Å². The van der Waals surface area contributed by atoms with E-state index >= 15 is 0 Å². The minimum absolute atomic E-state index is 0.0192. The van der Waals surface area contributed by atoms with E-state index in [2.05, 4.69) is 16.4 Å². The fourth-order valence-electron chi connectivity index (χ4n) is 2.89. The van der Waals surface area contributed by atoms with Crippen molar-refractivity contribution in [2.75, 3.05) is 26.2 Å². The van der Waals surface area contributed by atoms with Crippen LogP contribution in [0.25, 0.3) is 10.2 Å². The van der Waals surface area contributed by atoms with Crippen molar-refractivity contribution in [1.29, 1.82) is 0 Å².